The minimum absolute atomic E-state index is 0.163. The number of hydrogen-bond acceptors (Lipinski definition) is 4. The van der Waals surface area contributed by atoms with Gasteiger partial charge in [-0.3, -0.25) is 9.69 Å². The molecule has 1 aliphatic heterocycles. The quantitative estimate of drug-likeness (QED) is 0.669. The van der Waals surface area contributed by atoms with E-state index in [0.29, 0.717) is 13.2 Å². The second kappa shape index (κ2) is 5.32. The lowest BCUT2D eigenvalue weighted by Crippen LogP contribution is -2.40. The van der Waals surface area contributed by atoms with Crippen LogP contribution in [0.1, 0.15) is 26.7 Å². The van der Waals surface area contributed by atoms with E-state index in [1.807, 2.05) is 18.7 Å². The summed E-state index contributed by atoms with van der Waals surface area (Å²) in [4.78, 5) is 13.5. The van der Waals surface area contributed by atoms with Gasteiger partial charge in [0.25, 0.3) is 0 Å². The van der Waals surface area contributed by atoms with Crippen molar-refractivity contribution >= 4 is 5.97 Å². The van der Waals surface area contributed by atoms with Crippen LogP contribution in [0.4, 0.5) is 0 Å². The van der Waals surface area contributed by atoms with E-state index in [0.717, 1.165) is 19.4 Å². The summed E-state index contributed by atoms with van der Waals surface area (Å²) in [7, 11) is 0. The van der Waals surface area contributed by atoms with Gasteiger partial charge in [-0.05, 0) is 19.8 Å². The molecule has 4 nitrogen and oxygen atoms in total. The van der Waals surface area contributed by atoms with Crippen molar-refractivity contribution in [1.82, 2.24) is 4.90 Å². The number of likely N-dealkylation sites (tertiary alicyclic amines) is 1. The molecular weight excluding hydrogens is 182 g/mol. The Labute approximate surface area is 84.8 Å². The number of carbonyl (C=O) groups excluding carboxylic acids is 1. The number of β-amino-alcohol motifs (C(OH)–C–C–N with tert-alkyl or cyclic N) is 1. The topological polar surface area (TPSA) is 49.8 Å². The highest BCUT2D eigenvalue weighted by atomic mass is 16.5. The van der Waals surface area contributed by atoms with E-state index in [1.165, 1.54) is 0 Å². The van der Waals surface area contributed by atoms with Crippen molar-refractivity contribution in [1.29, 1.82) is 0 Å². The lowest BCUT2D eigenvalue weighted by Gasteiger charge is -2.24. The maximum atomic E-state index is 11.5. The van der Waals surface area contributed by atoms with Crippen molar-refractivity contribution in [3.63, 3.8) is 0 Å². The highest BCUT2D eigenvalue weighted by Crippen LogP contribution is 2.15. The lowest BCUT2D eigenvalue weighted by atomic mass is 10.2. The molecule has 0 spiro atoms. The molecule has 1 aliphatic rings. The monoisotopic (exact) mass is 201 g/mol. The third-order valence-corrected chi connectivity index (χ3v) is 2.58. The van der Waals surface area contributed by atoms with Crippen LogP contribution in [0.25, 0.3) is 0 Å². The van der Waals surface area contributed by atoms with E-state index < -0.39 is 0 Å². The summed E-state index contributed by atoms with van der Waals surface area (Å²) in [5.41, 5.74) is 0. The predicted octanol–water partition coefficient (Wildman–Crippen LogP) is 0.395. The van der Waals surface area contributed by atoms with Crippen LogP contribution in [-0.4, -0.2) is 47.8 Å². The zero-order valence-electron chi connectivity index (χ0n) is 8.90. The van der Waals surface area contributed by atoms with Crippen LogP contribution >= 0.6 is 0 Å². The standard InChI is InChI=1S/C10H19NO3/c1-3-9(10(13)14-4-2)11-6-5-8(12)7-11/h8-9,12H,3-7H2,1-2H3/t8-,9?/m0/s1. The number of aliphatic hydroxyl groups is 1. The van der Waals surface area contributed by atoms with Gasteiger partial charge in [-0.15, -0.1) is 0 Å². The summed E-state index contributed by atoms with van der Waals surface area (Å²) in [5, 5.41) is 9.36. The molecule has 0 radical (unpaired) electrons. The van der Waals surface area contributed by atoms with Crippen LogP contribution in [0.5, 0.6) is 0 Å². The summed E-state index contributed by atoms with van der Waals surface area (Å²) in [6, 6.07) is -0.174. The van der Waals surface area contributed by atoms with Gasteiger partial charge in [-0.2, -0.15) is 0 Å². The van der Waals surface area contributed by atoms with Gasteiger partial charge in [0, 0.05) is 13.1 Å². The Hall–Kier alpha value is -0.610. The molecule has 1 N–H and O–H groups in total. The molecule has 1 rings (SSSR count). The Bertz CT molecular complexity index is 196. The summed E-state index contributed by atoms with van der Waals surface area (Å²) < 4.78 is 4.98. The largest absolute Gasteiger partial charge is 0.465 e. The van der Waals surface area contributed by atoms with Gasteiger partial charge in [0.1, 0.15) is 6.04 Å². The van der Waals surface area contributed by atoms with Crippen molar-refractivity contribution in [3.8, 4) is 0 Å². The van der Waals surface area contributed by atoms with Crippen LogP contribution < -0.4 is 0 Å². The zero-order chi connectivity index (χ0) is 10.6. The molecule has 0 bridgehead atoms. The molecule has 1 heterocycles. The van der Waals surface area contributed by atoms with Gasteiger partial charge >= 0.3 is 5.97 Å². The summed E-state index contributed by atoms with van der Waals surface area (Å²) in [6.45, 7) is 5.58. The minimum Gasteiger partial charge on any atom is -0.465 e. The Balaban J connectivity index is 2.49. The summed E-state index contributed by atoms with van der Waals surface area (Å²) in [5.74, 6) is -0.163. The molecule has 2 atom stereocenters. The maximum absolute atomic E-state index is 11.5. The zero-order valence-corrected chi connectivity index (χ0v) is 8.90. The normalized spacial score (nSPS) is 24.9. The number of ether oxygens (including phenoxy) is 1. The average Bonchev–Trinajstić information content (AvgIpc) is 2.54. The van der Waals surface area contributed by atoms with Crippen molar-refractivity contribution in [2.75, 3.05) is 19.7 Å². The fourth-order valence-electron chi connectivity index (χ4n) is 1.86. The molecule has 0 aromatic heterocycles. The maximum Gasteiger partial charge on any atom is 0.323 e. The van der Waals surface area contributed by atoms with E-state index in [9.17, 15) is 9.90 Å². The second-order valence-electron chi connectivity index (χ2n) is 3.61. The molecule has 0 amide bonds. The molecule has 4 heteroatoms. The second-order valence-corrected chi connectivity index (χ2v) is 3.61. The molecule has 1 unspecified atom stereocenters. The smallest absolute Gasteiger partial charge is 0.323 e. The fraction of sp³-hybridized carbons (Fsp3) is 0.900. The van der Waals surface area contributed by atoms with E-state index in [-0.39, 0.29) is 18.1 Å². The summed E-state index contributed by atoms with van der Waals surface area (Å²) >= 11 is 0. The summed E-state index contributed by atoms with van der Waals surface area (Å²) in [6.07, 6.45) is 1.22. The van der Waals surface area contributed by atoms with Crippen molar-refractivity contribution in [2.45, 2.75) is 38.8 Å². The van der Waals surface area contributed by atoms with E-state index in [1.54, 1.807) is 0 Å². The molecule has 82 valence electrons. The predicted molar refractivity (Wildman–Crippen MR) is 52.9 cm³/mol. The van der Waals surface area contributed by atoms with Crippen LogP contribution in [0.2, 0.25) is 0 Å². The van der Waals surface area contributed by atoms with Crippen LogP contribution in [0.15, 0.2) is 0 Å². The lowest BCUT2D eigenvalue weighted by molar-refractivity contribution is -0.149. The SMILES string of the molecule is CCOC(=O)C(CC)N1CC[C@H](O)C1. The molecule has 14 heavy (non-hydrogen) atoms. The molecule has 1 fully saturated rings. The van der Waals surface area contributed by atoms with Crippen LogP contribution in [0, 0.1) is 0 Å². The average molecular weight is 201 g/mol. The first-order chi connectivity index (χ1) is 6.69. The van der Waals surface area contributed by atoms with Gasteiger partial charge in [-0.25, -0.2) is 0 Å². The molecular formula is C10H19NO3. The van der Waals surface area contributed by atoms with Gasteiger partial charge < -0.3 is 9.84 Å². The Morgan fingerprint density at radius 2 is 2.36 bits per heavy atom. The van der Waals surface area contributed by atoms with Gasteiger partial charge in [0.2, 0.25) is 0 Å². The van der Waals surface area contributed by atoms with Gasteiger partial charge in [-0.1, -0.05) is 6.92 Å². The number of carbonyl (C=O) groups is 1. The fourth-order valence-corrected chi connectivity index (χ4v) is 1.86. The van der Waals surface area contributed by atoms with Gasteiger partial charge in [0.05, 0.1) is 12.7 Å². The minimum atomic E-state index is -0.279. The van der Waals surface area contributed by atoms with Crippen LogP contribution in [-0.2, 0) is 9.53 Å². The first-order valence-electron chi connectivity index (χ1n) is 5.27. The van der Waals surface area contributed by atoms with E-state index >= 15 is 0 Å². The molecule has 0 aromatic carbocycles. The molecule has 0 aliphatic carbocycles. The first kappa shape index (κ1) is 11.5. The molecule has 0 saturated carbocycles. The number of aliphatic hydroxyl groups excluding tert-OH is 1. The van der Waals surface area contributed by atoms with Crippen LogP contribution in [0.3, 0.4) is 0 Å². The number of hydrogen-bond donors (Lipinski definition) is 1. The van der Waals surface area contributed by atoms with Crippen molar-refractivity contribution in [3.05, 3.63) is 0 Å². The van der Waals surface area contributed by atoms with Gasteiger partial charge in [0.15, 0.2) is 0 Å². The highest BCUT2D eigenvalue weighted by Gasteiger charge is 2.31. The molecule has 1 saturated heterocycles. The Morgan fingerprint density at radius 3 is 2.79 bits per heavy atom. The third-order valence-electron chi connectivity index (χ3n) is 2.58. The first-order valence-corrected chi connectivity index (χ1v) is 5.27. The van der Waals surface area contributed by atoms with E-state index in [2.05, 4.69) is 0 Å². The Morgan fingerprint density at radius 1 is 1.64 bits per heavy atom. The number of esters is 1. The van der Waals surface area contributed by atoms with Crippen molar-refractivity contribution in [2.24, 2.45) is 0 Å². The molecule has 0 aromatic rings. The number of nitrogens with zero attached hydrogens (tertiary/aromatic N) is 1. The van der Waals surface area contributed by atoms with Crippen molar-refractivity contribution < 1.29 is 14.6 Å². The van der Waals surface area contributed by atoms with E-state index in [4.69, 9.17) is 4.74 Å². The number of rotatable bonds is 4. The Kier molecular flexibility index (Phi) is 4.35. The third kappa shape index (κ3) is 2.69. The highest BCUT2D eigenvalue weighted by molar-refractivity contribution is 5.75.